The number of piperidine rings is 1. The second-order valence-corrected chi connectivity index (χ2v) is 6.14. The Balaban J connectivity index is 2.07. The van der Waals surface area contributed by atoms with Crippen LogP contribution in [0.5, 0.6) is 0 Å². The van der Waals surface area contributed by atoms with Gasteiger partial charge in [-0.05, 0) is 46.3 Å². The van der Waals surface area contributed by atoms with Crippen molar-refractivity contribution in [1.29, 1.82) is 0 Å². The molecule has 0 aliphatic carbocycles. The Kier molecular flexibility index (Phi) is 4.05. The van der Waals surface area contributed by atoms with Gasteiger partial charge in [0.2, 0.25) is 0 Å². The summed E-state index contributed by atoms with van der Waals surface area (Å²) in [4.78, 5) is 18.4. The highest BCUT2D eigenvalue weighted by Crippen LogP contribution is 2.34. The van der Waals surface area contributed by atoms with E-state index in [-0.39, 0.29) is 5.91 Å². The summed E-state index contributed by atoms with van der Waals surface area (Å²) < 4.78 is 0.777. The molecule has 1 aliphatic rings. The van der Waals surface area contributed by atoms with Gasteiger partial charge >= 0.3 is 0 Å². The van der Waals surface area contributed by atoms with Crippen molar-refractivity contribution in [2.45, 2.75) is 33.1 Å². The van der Waals surface area contributed by atoms with Gasteiger partial charge in [0, 0.05) is 23.8 Å². The fourth-order valence-electron chi connectivity index (χ4n) is 2.30. The number of likely N-dealkylation sites (tertiary alicyclic amines) is 1. The molecule has 0 spiro atoms. The Morgan fingerprint density at radius 2 is 2.17 bits per heavy atom. The van der Waals surface area contributed by atoms with Crippen LogP contribution in [0.1, 0.15) is 43.6 Å². The lowest BCUT2D eigenvalue weighted by Crippen LogP contribution is -2.42. The molecule has 0 bridgehead atoms. The zero-order valence-electron chi connectivity index (χ0n) is 10.9. The average molecular weight is 311 g/mol. The van der Waals surface area contributed by atoms with Crippen LogP contribution in [0.4, 0.5) is 0 Å². The lowest BCUT2D eigenvalue weighted by molar-refractivity contribution is 0.0593. The maximum atomic E-state index is 12.4. The molecule has 18 heavy (non-hydrogen) atoms. The number of rotatable bonds is 2. The van der Waals surface area contributed by atoms with E-state index in [1.807, 2.05) is 17.0 Å². The van der Waals surface area contributed by atoms with E-state index in [1.165, 1.54) is 6.42 Å². The third-order valence-electron chi connectivity index (χ3n) is 4.07. The van der Waals surface area contributed by atoms with Gasteiger partial charge in [0.1, 0.15) is 5.69 Å². The molecule has 2 heterocycles. The summed E-state index contributed by atoms with van der Waals surface area (Å²) in [5.74, 6) is 0.0422. The number of hydrogen-bond donors (Lipinski definition) is 0. The predicted octanol–water partition coefficient (Wildman–Crippen LogP) is 3.50. The van der Waals surface area contributed by atoms with Crippen LogP contribution in [0.15, 0.2) is 22.8 Å². The van der Waals surface area contributed by atoms with E-state index in [0.29, 0.717) is 11.1 Å². The van der Waals surface area contributed by atoms with Crippen molar-refractivity contribution in [3.8, 4) is 0 Å². The summed E-state index contributed by atoms with van der Waals surface area (Å²) in [6.07, 6.45) is 5.01. The fraction of sp³-hybridized carbons (Fsp3) is 0.571. The molecule has 1 aromatic heterocycles. The first-order chi connectivity index (χ1) is 8.56. The minimum Gasteiger partial charge on any atom is -0.337 e. The van der Waals surface area contributed by atoms with Gasteiger partial charge in [-0.1, -0.05) is 20.3 Å². The van der Waals surface area contributed by atoms with Crippen LogP contribution in [-0.4, -0.2) is 28.9 Å². The number of aromatic nitrogens is 1. The van der Waals surface area contributed by atoms with Crippen molar-refractivity contribution in [3.05, 3.63) is 28.5 Å². The molecule has 0 N–H and O–H groups in total. The van der Waals surface area contributed by atoms with Crippen molar-refractivity contribution in [1.82, 2.24) is 9.88 Å². The highest BCUT2D eigenvalue weighted by molar-refractivity contribution is 9.10. The molecule has 0 saturated carbocycles. The Morgan fingerprint density at radius 1 is 1.50 bits per heavy atom. The topological polar surface area (TPSA) is 33.2 Å². The first-order valence-corrected chi connectivity index (χ1v) is 7.25. The van der Waals surface area contributed by atoms with Crippen LogP contribution >= 0.6 is 15.9 Å². The summed E-state index contributed by atoms with van der Waals surface area (Å²) in [7, 11) is 0. The first kappa shape index (κ1) is 13.5. The van der Waals surface area contributed by atoms with Crippen LogP contribution in [0.3, 0.4) is 0 Å². The van der Waals surface area contributed by atoms with Crippen LogP contribution in [0.25, 0.3) is 0 Å². The minimum atomic E-state index is 0.0422. The predicted molar refractivity (Wildman–Crippen MR) is 75.5 cm³/mol. The van der Waals surface area contributed by atoms with Crippen LogP contribution in [0.2, 0.25) is 0 Å². The highest BCUT2D eigenvalue weighted by atomic mass is 79.9. The zero-order valence-corrected chi connectivity index (χ0v) is 12.5. The Hall–Kier alpha value is -0.900. The number of amides is 1. The lowest BCUT2D eigenvalue weighted by atomic mass is 9.78. The van der Waals surface area contributed by atoms with Gasteiger partial charge in [-0.3, -0.25) is 4.79 Å². The number of carbonyl (C=O) groups excluding carboxylic acids is 1. The van der Waals surface area contributed by atoms with Gasteiger partial charge in [0.25, 0.3) is 5.91 Å². The summed E-state index contributed by atoms with van der Waals surface area (Å²) in [5, 5.41) is 0. The number of hydrogen-bond acceptors (Lipinski definition) is 2. The normalized spacial score (nSPS) is 18.7. The van der Waals surface area contributed by atoms with E-state index in [1.54, 1.807) is 6.20 Å². The third-order valence-corrected chi connectivity index (χ3v) is 4.71. The fourth-order valence-corrected chi connectivity index (χ4v) is 2.72. The third kappa shape index (κ3) is 2.74. The molecule has 0 aromatic carbocycles. The maximum absolute atomic E-state index is 12.4. The second-order valence-electron chi connectivity index (χ2n) is 5.29. The first-order valence-electron chi connectivity index (χ1n) is 6.45. The number of carbonyl (C=O) groups is 1. The molecule has 2 rings (SSSR count). The minimum absolute atomic E-state index is 0.0422. The molecule has 1 saturated heterocycles. The second kappa shape index (κ2) is 5.39. The van der Waals surface area contributed by atoms with Gasteiger partial charge in [-0.15, -0.1) is 0 Å². The van der Waals surface area contributed by atoms with E-state index in [0.717, 1.165) is 30.4 Å². The average Bonchev–Trinajstić information content (AvgIpc) is 2.39. The van der Waals surface area contributed by atoms with E-state index >= 15 is 0 Å². The van der Waals surface area contributed by atoms with Crippen molar-refractivity contribution >= 4 is 21.8 Å². The van der Waals surface area contributed by atoms with E-state index in [4.69, 9.17) is 0 Å². The smallest absolute Gasteiger partial charge is 0.273 e. The monoisotopic (exact) mass is 310 g/mol. The summed E-state index contributed by atoms with van der Waals surface area (Å²) in [6, 6.07) is 3.69. The molecule has 0 radical (unpaired) electrons. The Bertz CT molecular complexity index is 439. The van der Waals surface area contributed by atoms with Crippen LogP contribution < -0.4 is 0 Å². The SMILES string of the molecule is CCC1(C)CCN(C(=O)c2ncccc2Br)CC1. The Morgan fingerprint density at radius 3 is 2.72 bits per heavy atom. The van der Waals surface area contributed by atoms with Gasteiger partial charge in [0.15, 0.2) is 0 Å². The molecule has 0 atom stereocenters. The van der Waals surface area contributed by atoms with Gasteiger partial charge < -0.3 is 4.90 Å². The number of nitrogens with zero attached hydrogens (tertiary/aromatic N) is 2. The summed E-state index contributed by atoms with van der Waals surface area (Å²) >= 11 is 3.39. The molecule has 1 aromatic rings. The van der Waals surface area contributed by atoms with Crippen molar-refractivity contribution in [2.24, 2.45) is 5.41 Å². The van der Waals surface area contributed by atoms with Crippen LogP contribution in [-0.2, 0) is 0 Å². The van der Waals surface area contributed by atoms with Gasteiger partial charge in [-0.2, -0.15) is 0 Å². The quantitative estimate of drug-likeness (QED) is 0.837. The molecular weight excluding hydrogens is 292 g/mol. The standard InChI is InChI=1S/C14H19BrN2O/c1-3-14(2)6-9-17(10-7-14)13(18)12-11(15)5-4-8-16-12/h4-5,8H,3,6-7,9-10H2,1-2H3. The molecule has 98 valence electrons. The highest BCUT2D eigenvalue weighted by Gasteiger charge is 2.31. The van der Waals surface area contributed by atoms with Crippen molar-refractivity contribution in [2.75, 3.05) is 13.1 Å². The number of halogens is 1. The molecule has 3 nitrogen and oxygen atoms in total. The van der Waals surface area contributed by atoms with Crippen LogP contribution in [0, 0.1) is 5.41 Å². The van der Waals surface area contributed by atoms with Crippen molar-refractivity contribution in [3.63, 3.8) is 0 Å². The molecular formula is C14H19BrN2O. The van der Waals surface area contributed by atoms with Gasteiger partial charge in [0.05, 0.1) is 0 Å². The van der Waals surface area contributed by atoms with Crippen molar-refractivity contribution < 1.29 is 4.79 Å². The van der Waals surface area contributed by atoms with E-state index < -0.39 is 0 Å². The summed E-state index contributed by atoms with van der Waals surface area (Å²) in [5.41, 5.74) is 0.926. The zero-order chi connectivity index (χ0) is 13.2. The van der Waals surface area contributed by atoms with Gasteiger partial charge in [-0.25, -0.2) is 4.98 Å². The Labute approximate surface area is 117 Å². The largest absolute Gasteiger partial charge is 0.337 e. The summed E-state index contributed by atoms with van der Waals surface area (Å²) in [6.45, 7) is 6.22. The van der Waals surface area contributed by atoms with E-state index in [2.05, 4.69) is 34.8 Å². The molecule has 0 unspecified atom stereocenters. The van der Waals surface area contributed by atoms with E-state index in [9.17, 15) is 4.79 Å². The molecule has 1 aliphatic heterocycles. The molecule has 4 heteroatoms. The lowest BCUT2D eigenvalue weighted by Gasteiger charge is -2.38. The molecule has 1 fully saturated rings. The maximum Gasteiger partial charge on any atom is 0.273 e. The molecule has 1 amide bonds. The number of pyridine rings is 1.